The predicted octanol–water partition coefficient (Wildman–Crippen LogP) is 1.03. The molecule has 0 saturated heterocycles. The molecule has 0 aliphatic carbocycles. The number of hydrogen-bond donors (Lipinski definition) is 1. The summed E-state index contributed by atoms with van der Waals surface area (Å²) >= 11 is 0. The first-order valence-electron chi connectivity index (χ1n) is 5.20. The van der Waals surface area contributed by atoms with E-state index >= 15 is 0 Å². The Hall–Kier alpha value is -2.57. The summed E-state index contributed by atoms with van der Waals surface area (Å²) < 4.78 is 11.5. The Balaban J connectivity index is 1.83. The number of hydrogen-bond acceptors (Lipinski definition) is 5. The van der Waals surface area contributed by atoms with E-state index in [1.165, 1.54) is 17.3 Å². The molecule has 2 rings (SSSR count). The lowest BCUT2D eigenvalue weighted by Gasteiger charge is -2.06. The first-order chi connectivity index (χ1) is 8.78. The van der Waals surface area contributed by atoms with Gasteiger partial charge in [-0.3, -0.25) is 0 Å². The van der Waals surface area contributed by atoms with Crippen LogP contribution in [0.5, 0.6) is 11.5 Å². The van der Waals surface area contributed by atoms with Crippen LogP contribution in [0.1, 0.15) is 0 Å². The number of carbonyl (C=O) groups excluding carboxylic acids is 1. The minimum absolute atomic E-state index is 0.203. The number of aromatic nitrogens is 3. The average Bonchev–Trinajstić information content (AvgIpc) is 2.90. The lowest BCUT2D eigenvalue weighted by Crippen LogP contribution is -2.29. The molecule has 0 aliphatic rings. The zero-order valence-corrected chi connectivity index (χ0v) is 9.74. The first-order valence-corrected chi connectivity index (χ1v) is 5.20. The van der Waals surface area contributed by atoms with Crippen LogP contribution in [0.3, 0.4) is 0 Å². The van der Waals surface area contributed by atoms with Crippen LogP contribution in [-0.4, -0.2) is 28.0 Å². The first kappa shape index (κ1) is 11.9. The third-order valence-electron chi connectivity index (χ3n) is 2.12. The van der Waals surface area contributed by atoms with Gasteiger partial charge in [-0.05, 0) is 24.3 Å². The van der Waals surface area contributed by atoms with Crippen LogP contribution in [0.2, 0.25) is 0 Å². The number of nitrogens with one attached hydrogen (secondary N) is 1. The molecule has 2 aromatic rings. The van der Waals surface area contributed by atoms with E-state index in [1.807, 2.05) is 0 Å². The Morgan fingerprint density at radius 1 is 1.33 bits per heavy atom. The van der Waals surface area contributed by atoms with Crippen molar-refractivity contribution in [3.05, 3.63) is 36.9 Å². The van der Waals surface area contributed by atoms with Gasteiger partial charge in [-0.2, -0.15) is 5.10 Å². The molecule has 0 radical (unpaired) electrons. The molecule has 1 aromatic carbocycles. The Kier molecular flexibility index (Phi) is 3.75. The van der Waals surface area contributed by atoms with E-state index in [9.17, 15) is 4.79 Å². The molecule has 0 fully saturated rings. The smallest absolute Gasteiger partial charge is 0.414 e. The van der Waals surface area contributed by atoms with E-state index in [1.54, 1.807) is 31.4 Å². The van der Waals surface area contributed by atoms with Gasteiger partial charge in [-0.1, -0.05) is 0 Å². The van der Waals surface area contributed by atoms with E-state index in [-0.39, 0.29) is 6.67 Å². The Morgan fingerprint density at radius 2 is 2.06 bits per heavy atom. The van der Waals surface area contributed by atoms with E-state index in [2.05, 4.69) is 15.4 Å². The van der Waals surface area contributed by atoms with Gasteiger partial charge in [-0.25, -0.2) is 14.5 Å². The van der Waals surface area contributed by atoms with Crippen molar-refractivity contribution < 1.29 is 14.3 Å². The van der Waals surface area contributed by atoms with Gasteiger partial charge in [0.15, 0.2) is 0 Å². The van der Waals surface area contributed by atoms with Crippen LogP contribution in [0.25, 0.3) is 0 Å². The van der Waals surface area contributed by atoms with Gasteiger partial charge in [0, 0.05) is 0 Å². The summed E-state index contributed by atoms with van der Waals surface area (Å²) in [7, 11) is 1.57. The highest BCUT2D eigenvalue weighted by atomic mass is 16.6. The van der Waals surface area contributed by atoms with Crippen LogP contribution >= 0.6 is 0 Å². The van der Waals surface area contributed by atoms with Crippen molar-refractivity contribution >= 4 is 6.09 Å². The summed E-state index contributed by atoms with van der Waals surface area (Å²) in [5, 5.41) is 6.37. The third-order valence-corrected chi connectivity index (χ3v) is 2.12. The summed E-state index contributed by atoms with van der Waals surface area (Å²) in [6, 6.07) is 6.71. The van der Waals surface area contributed by atoms with Crippen LogP contribution in [0, 0.1) is 0 Å². The zero-order chi connectivity index (χ0) is 12.8. The Bertz CT molecular complexity index is 496. The van der Waals surface area contributed by atoms with Crippen molar-refractivity contribution in [1.82, 2.24) is 20.1 Å². The van der Waals surface area contributed by atoms with Crippen LogP contribution in [0.4, 0.5) is 4.79 Å². The minimum atomic E-state index is -0.560. The fourth-order valence-electron chi connectivity index (χ4n) is 1.25. The summed E-state index contributed by atoms with van der Waals surface area (Å²) in [4.78, 5) is 15.2. The molecule has 0 bridgehead atoms. The van der Waals surface area contributed by atoms with Crippen molar-refractivity contribution in [1.29, 1.82) is 0 Å². The van der Waals surface area contributed by atoms with E-state index in [0.717, 1.165) is 0 Å². The van der Waals surface area contributed by atoms with Gasteiger partial charge >= 0.3 is 6.09 Å². The van der Waals surface area contributed by atoms with E-state index < -0.39 is 6.09 Å². The maximum atomic E-state index is 11.4. The fourth-order valence-corrected chi connectivity index (χ4v) is 1.25. The largest absolute Gasteiger partial charge is 0.497 e. The van der Waals surface area contributed by atoms with Crippen molar-refractivity contribution in [2.75, 3.05) is 7.11 Å². The zero-order valence-electron chi connectivity index (χ0n) is 9.74. The second-order valence-corrected chi connectivity index (χ2v) is 3.33. The van der Waals surface area contributed by atoms with Crippen molar-refractivity contribution in [2.45, 2.75) is 6.67 Å². The number of carbonyl (C=O) groups is 1. The number of nitrogens with zero attached hydrogens (tertiary/aromatic N) is 3. The number of ether oxygens (including phenoxy) is 2. The van der Waals surface area contributed by atoms with Gasteiger partial charge < -0.3 is 14.8 Å². The van der Waals surface area contributed by atoms with Gasteiger partial charge in [0.05, 0.1) is 7.11 Å². The molecule has 0 aliphatic heterocycles. The molecule has 1 amide bonds. The lowest BCUT2D eigenvalue weighted by atomic mass is 10.3. The number of rotatable bonds is 4. The fraction of sp³-hybridized carbons (Fsp3) is 0.182. The molecule has 94 valence electrons. The molecular weight excluding hydrogens is 236 g/mol. The second kappa shape index (κ2) is 5.67. The summed E-state index contributed by atoms with van der Waals surface area (Å²) in [5.41, 5.74) is 0. The molecule has 1 aromatic heterocycles. The molecule has 0 atom stereocenters. The predicted molar refractivity (Wildman–Crippen MR) is 62.2 cm³/mol. The Morgan fingerprint density at radius 3 is 2.67 bits per heavy atom. The Labute approximate surface area is 103 Å². The highest BCUT2D eigenvalue weighted by molar-refractivity contribution is 5.69. The van der Waals surface area contributed by atoms with Gasteiger partial charge in [0.2, 0.25) is 0 Å². The number of methoxy groups -OCH3 is 1. The van der Waals surface area contributed by atoms with Gasteiger partial charge in [-0.15, -0.1) is 0 Å². The molecule has 0 unspecified atom stereocenters. The van der Waals surface area contributed by atoms with Crippen LogP contribution < -0.4 is 14.8 Å². The molecule has 7 nitrogen and oxygen atoms in total. The normalized spacial score (nSPS) is 9.83. The van der Waals surface area contributed by atoms with Crippen molar-refractivity contribution in [3.63, 3.8) is 0 Å². The molecule has 0 spiro atoms. The molecular formula is C11H12N4O3. The summed E-state index contributed by atoms with van der Waals surface area (Å²) in [6.07, 6.45) is 2.32. The maximum absolute atomic E-state index is 11.4. The molecule has 18 heavy (non-hydrogen) atoms. The number of amides is 1. The SMILES string of the molecule is COc1ccc(OC(=O)NCn2cncn2)cc1. The van der Waals surface area contributed by atoms with Crippen LogP contribution in [-0.2, 0) is 6.67 Å². The molecule has 1 N–H and O–H groups in total. The monoisotopic (exact) mass is 248 g/mol. The quantitative estimate of drug-likeness (QED) is 0.874. The molecule has 7 heteroatoms. The van der Waals surface area contributed by atoms with E-state index in [4.69, 9.17) is 9.47 Å². The summed E-state index contributed by atoms with van der Waals surface area (Å²) in [6.45, 7) is 0.203. The average molecular weight is 248 g/mol. The standard InChI is InChI=1S/C11H12N4O3/c1-17-9-2-4-10(5-3-9)18-11(16)13-8-15-7-12-6-14-15/h2-7H,8H2,1H3,(H,13,16). The molecule has 0 saturated carbocycles. The minimum Gasteiger partial charge on any atom is -0.497 e. The molecule has 1 heterocycles. The van der Waals surface area contributed by atoms with Gasteiger partial charge in [0.1, 0.15) is 30.8 Å². The highest BCUT2D eigenvalue weighted by Gasteiger charge is 2.04. The summed E-state index contributed by atoms with van der Waals surface area (Å²) in [5.74, 6) is 1.14. The van der Waals surface area contributed by atoms with Crippen LogP contribution in [0.15, 0.2) is 36.9 Å². The second-order valence-electron chi connectivity index (χ2n) is 3.33. The topological polar surface area (TPSA) is 78.3 Å². The lowest BCUT2D eigenvalue weighted by molar-refractivity contribution is 0.196. The highest BCUT2D eigenvalue weighted by Crippen LogP contribution is 2.16. The van der Waals surface area contributed by atoms with Gasteiger partial charge in [0.25, 0.3) is 0 Å². The third kappa shape index (κ3) is 3.21. The van der Waals surface area contributed by atoms with Crippen molar-refractivity contribution in [3.8, 4) is 11.5 Å². The van der Waals surface area contributed by atoms with E-state index in [0.29, 0.717) is 11.5 Å². The van der Waals surface area contributed by atoms with Crippen molar-refractivity contribution in [2.24, 2.45) is 0 Å². The maximum Gasteiger partial charge on any atom is 0.414 e. The number of benzene rings is 1.